The number of likely N-dealkylation sites (tertiary alicyclic amines) is 1. The van der Waals surface area contributed by atoms with Gasteiger partial charge < -0.3 is 107 Å². The lowest BCUT2D eigenvalue weighted by molar-refractivity contribution is -0.145. The lowest BCUT2D eigenvalue weighted by Gasteiger charge is -2.31. The van der Waals surface area contributed by atoms with Gasteiger partial charge in [0.25, 0.3) is 0 Å². The Balaban J connectivity index is 3.40. The van der Waals surface area contributed by atoms with Crippen molar-refractivity contribution >= 4 is 113 Å². The molecule has 13 atom stereocenters. The molecule has 0 radical (unpaired) electrons. The van der Waals surface area contributed by atoms with Crippen molar-refractivity contribution in [1.29, 1.82) is 0 Å². The van der Waals surface area contributed by atoms with E-state index in [1.165, 1.54) is 18.7 Å². The van der Waals surface area contributed by atoms with Crippen molar-refractivity contribution in [3.63, 3.8) is 0 Å². The van der Waals surface area contributed by atoms with Gasteiger partial charge in [0.15, 0.2) is 12.0 Å². The van der Waals surface area contributed by atoms with Gasteiger partial charge in [-0.1, -0.05) is 27.7 Å². The second-order valence-corrected chi connectivity index (χ2v) is 24.2. The number of unbranched alkanes of at least 4 members (excludes halogenated alkanes) is 1. The van der Waals surface area contributed by atoms with Crippen LogP contribution in [0.1, 0.15) is 119 Å². The first kappa shape index (κ1) is 82.4. The molecule has 12 amide bonds. The van der Waals surface area contributed by atoms with E-state index in [4.69, 9.17) is 28.7 Å². The summed E-state index contributed by atoms with van der Waals surface area (Å²) in [7, 11) is 0. The fraction of sp³-hybridized carbons (Fsp3) is 0.727. The van der Waals surface area contributed by atoms with Gasteiger partial charge in [0, 0.05) is 25.3 Å². The quantitative estimate of drug-likeness (QED) is 0.0117. The molecule has 1 aliphatic heterocycles. The van der Waals surface area contributed by atoms with Crippen LogP contribution in [0.25, 0.3) is 0 Å². The average molecular weight is 1350 g/mol. The number of hydrogen-bond acceptors (Lipinski definition) is 21. The highest BCUT2D eigenvalue weighted by atomic mass is 32.2. The van der Waals surface area contributed by atoms with Gasteiger partial charge in [0.1, 0.15) is 60.4 Å². The van der Waals surface area contributed by atoms with E-state index in [1.54, 1.807) is 20.1 Å². The number of carbonyl (C=O) groups excluding carboxylic acids is 12. The van der Waals surface area contributed by atoms with E-state index >= 15 is 0 Å². The van der Waals surface area contributed by atoms with Gasteiger partial charge in [-0.3, -0.25) is 67.3 Å². The number of nitrogens with zero attached hydrogens (tertiary/aromatic N) is 2. The molecule has 0 unspecified atom stereocenters. The second kappa shape index (κ2) is 42.5. The fourth-order valence-corrected chi connectivity index (χ4v) is 9.94. The Morgan fingerprint density at radius 2 is 1.11 bits per heavy atom. The number of carboxylic acid groups (broad SMARTS) is 2. The molecule has 0 bridgehead atoms. The van der Waals surface area contributed by atoms with Crippen molar-refractivity contribution in [3.8, 4) is 0 Å². The van der Waals surface area contributed by atoms with E-state index in [-0.39, 0.29) is 70.0 Å². The minimum atomic E-state index is -1.90. The normalized spacial score (nSPS) is 16.8. The molecule has 92 heavy (non-hydrogen) atoms. The summed E-state index contributed by atoms with van der Waals surface area (Å²) in [5, 5.41) is 63.5. The van der Waals surface area contributed by atoms with Crippen LogP contribution < -0.4 is 81.8 Å². The maximum absolute atomic E-state index is 14.1. The molecule has 0 aromatic carbocycles. The number of carbonyl (C=O) groups is 14. The monoisotopic (exact) mass is 1350 g/mol. The highest BCUT2D eigenvalue weighted by molar-refractivity contribution is 7.98. The summed E-state index contributed by atoms with van der Waals surface area (Å²) in [4.78, 5) is 192. The number of aliphatic carboxylic acids is 2. The molecule has 37 heteroatoms. The molecule has 1 saturated heterocycles. The largest absolute Gasteiger partial charge is 0.481 e. The Bertz CT molecular complexity index is 2570. The Kier molecular flexibility index (Phi) is 38.1. The molecule has 0 spiro atoms. The van der Waals surface area contributed by atoms with E-state index < -0.39 is 199 Å². The van der Waals surface area contributed by atoms with Crippen LogP contribution in [0, 0.1) is 11.8 Å². The zero-order valence-electron chi connectivity index (χ0n) is 53.0. The fourth-order valence-electron chi connectivity index (χ4n) is 9.22. The highest BCUT2D eigenvalue weighted by Gasteiger charge is 2.41. The number of nitrogens with one attached hydrogen (secondary N) is 10. The average Bonchev–Trinajstić information content (AvgIpc) is 1.78. The maximum atomic E-state index is 14.1. The van der Waals surface area contributed by atoms with Crippen LogP contribution in [-0.2, 0) is 67.1 Å². The van der Waals surface area contributed by atoms with Gasteiger partial charge in [0.05, 0.1) is 25.2 Å². The van der Waals surface area contributed by atoms with Crippen molar-refractivity contribution in [2.45, 2.75) is 197 Å². The lowest BCUT2D eigenvalue weighted by Crippen LogP contribution is -2.61. The van der Waals surface area contributed by atoms with Crippen LogP contribution in [-0.4, -0.2) is 237 Å². The number of thioether (sulfide) groups is 1. The van der Waals surface area contributed by atoms with Crippen molar-refractivity contribution in [1.82, 2.24) is 58.1 Å². The second-order valence-electron chi connectivity index (χ2n) is 22.9. The molecular formula is C55H97N17O18S2. The number of thiol groups is 1. The molecule has 0 aliphatic carbocycles. The number of guanidine groups is 1. The first-order valence-electron chi connectivity index (χ1n) is 30.1. The Labute approximate surface area is 543 Å². The molecule has 1 aliphatic rings. The van der Waals surface area contributed by atoms with Crippen LogP contribution >= 0.6 is 24.4 Å². The predicted molar refractivity (Wildman–Crippen MR) is 339 cm³/mol. The van der Waals surface area contributed by atoms with Gasteiger partial charge in [0.2, 0.25) is 70.9 Å². The number of amides is 12. The minimum absolute atomic E-state index is 0.0129. The van der Waals surface area contributed by atoms with E-state index in [0.29, 0.717) is 25.0 Å². The summed E-state index contributed by atoms with van der Waals surface area (Å²) in [6.45, 7) is 8.24. The topological polar surface area (TPSA) is 586 Å². The van der Waals surface area contributed by atoms with Crippen LogP contribution in [0.2, 0.25) is 0 Å². The van der Waals surface area contributed by atoms with Crippen molar-refractivity contribution in [3.05, 3.63) is 0 Å². The van der Waals surface area contributed by atoms with Crippen LogP contribution in [0.3, 0.4) is 0 Å². The molecule has 35 nitrogen and oxygen atoms in total. The zero-order chi connectivity index (χ0) is 70.1. The Morgan fingerprint density at radius 1 is 0.609 bits per heavy atom. The van der Waals surface area contributed by atoms with Crippen LogP contribution in [0.5, 0.6) is 0 Å². The standard InChI is InChI=1S/C55H97N17O18S2/c1-26(2)22-30(57)44(79)64-34(17-21-92-7)47(82)66-33(15-16-40(76)77)46(81)69-37(25-91)50(85)65-32(13-10-19-61-55(59)60)45(80)67-35(23-39(58)75)49(84)68-36(24-73)53(88)72-20-11-14-38(72)51(86)70-41(27(3)4)52(87)62-28(5)43(78)63-31(12-8-9-18-56)48(83)71-42(29(6)74)54(89)90/h26-38,41-42,73-74,91H,8-25,56-57H2,1-7H3,(H2,58,75)(H,62,87)(H,63,78)(H,64,79)(H,65,85)(H,66,82)(H,67,80)(H,68,84)(H,69,81)(H,70,86)(H,71,83)(H,76,77)(H,89,90)(H4,59,60,61)/t28-,29+,30-,31-,32-,33-,34-,35-,36-,37-,38-,41-,42-/m0/s1. The smallest absolute Gasteiger partial charge is 0.328 e. The number of aliphatic hydroxyl groups excluding tert-OH is 2. The van der Waals surface area contributed by atoms with Gasteiger partial charge in [-0.2, -0.15) is 24.4 Å². The number of primary amides is 1. The number of nitrogens with two attached hydrogens (primary N) is 5. The maximum Gasteiger partial charge on any atom is 0.328 e. The number of aliphatic imine (C=N–C) groups is 1. The third-order valence-electron chi connectivity index (χ3n) is 14.3. The molecule has 1 rings (SSSR count). The van der Waals surface area contributed by atoms with Crippen LogP contribution in [0.15, 0.2) is 4.99 Å². The molecule has 1 fully saturated rings. The summed E-state index contributed by atoms with van der Waals surface area (Å²) in [5.41, 5.74) is 28.1. The van der Waals surface area contributed by atoms with Gasteiger partial charge >= 0.3 is 11.9 Å². The summed E-state index contributed by atoms with van der Waals surface area (Å²) < 4.78 is 0. The molecular weight excluding hydrogens is 1250 g/mol. The van der Waals surface area contributed by atoms with E-state index in [2.05, 4.69) is 70.8 Å². The Hall–Kier alpha value is -7.61. The summed E-state index contributed by atoms with van der Waals surface area (Å²) in [6, 6.07) is -17.7. The summed E-state index contributed by atoms with van der Waals surface area (Å²) in [5.74, 6) is -15.5. The van der Waals surface area contributed by atoms with Gasteiger partial charge in [-0.15, -0.1) is 0 Å². The third kappa shape index (κ3) is 29.8. The molecule has 0 aromatic heterocycles. The first-order valence-corrected chi connectivity index (χ1v) is 32.1. The lowest BCUT2D eigenvalue weighted by atomic mass is 10.0. The van der Waals surface area contributed by atoms with E-state index in [0.717, 1.165) is 11.8 Å². The molecule has 1 heterocycles. The molecule has 0 aromatic rings. The number of rotatable bonds is 44. The van der Waals surface area contributed by atoms with Crippen LogP contribution in [0.4, 0.5) is 0 Å². The highest BCUT2D eigenvalue weighted by Crippen LogP contribution is 2.20. The molecule has 24 N–H and O–H groups in total. The SMILES string of the molecule is CSCC[C@H](NC(=O)[C@@H](N)CC(C)C)C(=O)N[C@@H](CCC(=O)O)C(=O)N[C@@H](CS)C(=O)N[C@@H](CCCN=C(N)N)C(=O)N[C@@H](CC(N)=O)C(=O)N[C@@H](CO)C(=O)N1CCC[C@H]1C(=O)N[C@H](C(=O)N[C@@H](C)C(=O)N[C@@H](CCCCN)C(=O)N[C@H](C(=O)O)[C@@H](C)O)C(C)C. The molecule has 522 valence electrons. The van der Waals surface area contributed by atoms with E-state index in [1.807, 2.05) is 13.8 Å². The summed E-state index contributed by atoms with van der Waals surface area (Å²) in [6.07, 6.45) is -0.640. The van der Waals surface area contributed by atoms with Crippen molar-refractivity contribution in [2.24, 2.45) is 45.5 Å². The predicted octanol–water partition coefficient (Wildman–Crippen LogP) is -7.06. The third-order valence-corrected chi connectivity index (χ3v) is 15.3. The summed E-state index contributed by atoms with van der Waals surface area (Å²) >= 11 is 5.56. The number of aliphatic hydroxyl groups is 2. The van der Waals surface area contributed by atoms with Crippen molar-refractivity contribution < 1.29 is 87.5 Å². The van der Waals surface area contributed by atoms with E-state index in [9.17, 15) is 87.5 Å². The number of hydrogen-bond donors (Lipinski definition) is 20. The minimum Gasteiger partial charge on any atom is -0.481 e. The zero-order valence-corrected chi connectivity index (χ0v) is 54.7. The van der Waals surface area contributed by atoms with Gasteiger partial charge in [-0.25, -0.2) is 4.79 Å². The van der Waals surface area contributed by atoms with Gasteiger partial charge in [-0.05, 0) is 108 Å². The molecule has 0 saturated carbocycles. The van der Waals surface area contributed by atoms with Crippen molar-refractivity contribution in [2.75, 3.05) is 44.0 Å². The first-order chi connectivity index (χ1) is 43.1. The Morgan fingerprint density at radius 3 is 1.61 bits per heavy atom. The number of carboxylic acids is 2.